The van der Waals surface area contributed by atoms with Crippen LogP contribution >= 0.6 is 15.9 Å². The lowest BCUT2D eigenvalue weighted by Crippen LogP contribution is -2.21. The van der Waals surface area contributed by atoms with Gasteiger partial charge in [-0.2, -0.15) is 0 Å². The Bertz CT molecular complexity index is 396. The Balaban J connectivity index is 2.26. The molecule has 0 aliphatic heterocycles. The Morgan fingerprint density at radius 2 is 1.90 bits per heavy atom. The van der Waals surface area contributed by atoms with Gasteiger partial charge in [-0.05, 0) is 23.6 Å². The van der Waals surface area contributed by atoms with Gasteiger partial charge in [-0.1, -0.05) is 55.3 Å². The molecule has 0 saturated heterocycles. The summed E-state index contributed by atoms with van der Waals surface area (Å²) >= 11 is 3.62. The lowest BCUT2D eigenvalue weighted by atomic mass is 10.1. The van der Waals surface area contributed by atoms with E-state index in [1.807, 2.05) is 0 Å². The molecule has 0 bridgehead atoms. The van der Waals surface area contributed by atoms with E-state index in [9.17, 15) is 0 Å². The highest BCUT2D eigenvalue weighted by atomic mass is 79.9. The van der Waals surface area contributed by atoms with Crippen LogP contribution in [0, 0.1) is 0 Å². The first-order valence-corrected chi connectivity index (χ1v) is 8.59. The molecular formula is C17H28BrNO2. The topological polar surface area (TPSA) is 30.5 Å². The first-order chi connectivity index (χ1) is 10.1. The largest absolute Gasteiger partial charge is 0.379 e. The standard InChI is InChI=1S/C17H28BrNO2/c1-4-5-8-20-9-10-21-13-16-7-6-15(11-17(16)18)12-19-14(2)3/h6-7,11,14,19H,4-5,8-10,12-13H2,1-3H3. The van der Waals surface area contributed by atoms with Crippen LogP contribution in [0.1, 0.15) is 44.7 Å². The summed E-state index contributed by atoms with van der Waals surface area (Å²) in [6.45, 7) is 10.1. The number of unbranched alkanes of at least 4 members (excludes halogenated alkanes) is 1. The van der Waals surface area contributed by atoms with Crippen LogP contribution in [0.4, 0.5) is 0 Å². The molecule has 1 N–H and O–H groups in total. The molecule has 0 aliphatic rings. The molecule has 1 aromatic carbocycles. The van der Waals surface area contributed by atoms with Gasteiger partial charge in [-0.15, -0.1) is 0 Å². The second-order valence-electron chi connectivity index (χ2n) is 5.48. The van der Waals surface area contributed by atoms with Gasteiger partial charge in [0.1, 0.15) is 0 Å². The van der Waals surface area contributed by atoms with Gasteiger partial charge in [-0.3, -0.25) is 0 Å². The molecule has 4 heteroatoms. The van der Waals surface area contributed by atoms with Gasteiger partial charge in [0.15, 0.2) is 0 Å². The first-order valence-electron chi connectivity index (χ1n) is 7.79. The lowest BCUT2D eigenvalue weighted by molar-refractivity contribution is 0.0395. The molecule has 0 heterocycles. The maximum absolute atomic E-state index is 5.65. The van der Waals surface area contributed by atoms with E-state index in [0.717, 1.165) is 24.0 Å². The SMILES string of the molecule is CCCCOCCOCc1ccc(CNC(C)C)cc1Br. The zero-order valence-electron chi connectivity index (χ0n) is 13.5. The normalized spacial score (nSPS) is 11.3. The van der Waals surface area contributed by atoms with Crippen LogP contribution in [0.3, 0.4) is 0 Å². The number of benzene rings is 1. The van der Waals surface area contributed by atoms with Gasteiger partial charge in [0.2, 0.25) is 0 Å². The fourth-order valence-corrected chi connectivity index (χ4v) is 2.33. The highest BCUT2D eigenvalue weighted by molar-refractivity contribution is 9.10. The number of rotatable bonds is 11. The third-order valence-electron chi connectivity index (χ3n) is 3.10. The van der Waals surface area contributed by atoms with Crippen LogP contribution in [0.5, 0.6) is 0 Å². The molecule has 21 heavy (non-hydrogen) atoms. The Morgan fingerprint density at radius 3 is 2.57 bits per heavy atom. The molecule has 0 amide bonds. The molecule has 0 aromatic heterocycles. The molecule has 0 aliphatic carbocycles. The van der Waals surface area contributed by atoms with Crippen LogP contribution in [-0.2, 0) is 22.6 Å². The van der Waals surface area contributed by atoms with Crippen molar-refractivity contribution in [3.63, 3.8) is 0 Å². The van der Waals surface area contributed by atoms with Crippen LogP contribution in [0.25, 0.3) is 0 Å². The zero-order chi connectivity index (χ0) is 15.5. The van der Waals surface area contributed by atoms with Crippen LogP contribution in [-0.4, -0.2) is 25.9 Å². The molecule has 120 valence electrons. The molecule has 0 fully saturated rings. The van der Waals surface area contributed by atoms with Crippen molar-refractivity contribution in [1.82, 2.24) is 5.32 Å². The summed E-state index contributed by atoms with van der Waals surface area (Å²) in [6.07, 6.45) is 2.29. The van der Waals surface area contributed by atoms with Gasteiger partial charge < -0.3 is 14.8 Å². The number of hydrogen-bond donors (Lipinski definition) is 1. The number of ether oxygens (including phenoxy) is 2. The minimum atomic E-state index is 0.500. The molecule has 3 nitrogen and oxygen atoms in total. The third-order valence-corrected chi connectivity index (χ3v) is 3.84. The van der Waals surface area contributed by atoms with Crippen LogP contribution in [0.15, 0.2) is 22.7 Å². The fraction of sp³-hybridized carbons (Fsp3) is 0.647. The van der Waals surface area contributed by atoms with E-state index in [2.05, 4.69) is 60.2 Å². The summed E-state index contributed by atoms with van der Waals surface area (Å²) in [7, 11) is 0. The summed E-state index contributed by atoms with van der Waals surface area (Å²) in [6, 6.07) is 6.93. The van der Waals surface area contributed by atoms with Gasteiger partial charge in [-0.25, -0.2) is 0 Å². The van der Waals surface area contributed by atoms with Gasteiger partial charge in [0.05, 0.1) is 19.8 Å². The Morgan fingerprint density at radius 1 is 1.14 bits per heavy atom. The van der Waals surface area contributed by atoms with Gasteiger partial charge in [0.25, 0.3) is 0 Å². The maximum Gasteiger partial charge on any atom is 0.0728 e. The average molecular weight is 358 g/mol. The fourth-order valence-electron chi connectivity index (χ4n) is 1.79. The van der Waals surface area contributed by atoms with E-state index in [-0.39, 0.29) is 0 Å². The highest BCUT2D eigenvalue weighted by Crippen LogP contribution is 2.19. The van der Waals surface area contributed by atoms with Gasteiger partial charge in [0, 0.05) is 23.7 Å². The first kappa shape index (κ1) is 18.6. The quantitative estimate of drug-likeness (QED) is 0.599. The minimum absolute atomic E-state index is 0.500. The summed E-state index contributed by atoms with van der Waals surface area (Å²) in [5.74, 6) is 0. The highest BCUT2D eigenvalue weighted by Gasteiger charge is 2.03. The molecule has 0 saturated carbocycles. The Labute approximate surface area is 137 Å². The predicted octanol–water partition coefficient (Wildman–Crippen LogP) is 4.28. The maximum atomic E-state index is 5.65. The molecule has 0 unspecified atom stereocenters. The van der Waals surface area contributed by atoms with E-state index in [0.29, 0.717) is 25.9 Å². The molecule has 0 spiro atoms. The summed E-state index contributed by atoms with van der Waals surface area (Å²) in [4.78, 5) is 0. The summed E-state index contributed by atoms with van der Waals surface area (Å²) < 4.78 is 12.2. The predicted molar refractivity (Wildman–Crippen MR) is 91.5 cm³/mol. The molecular weight excluding hydrogens is 330 g/mol. The average Bonchev–Trinajstić information content (AvgIpc) is 2.46. The van der Waals surface area contributed by atoms with Crippen molar-refractivity contribution in [3.05, 3.63) is 33.8 Å². The Kier molecular flexibility index (Phi) is 9.92. The van der Waals surface area contributed by atoms with Crippen molar-refractivity contribution in [2.75, 3.05) is 19.8 Å². The minimum Gasteiger partial charge on any atom is -0.379 e. The van der Waals surface area contributed by atoms with E-state index < -0.39 is 0 Å². The van der Waals surface area contributed by atoms with Crippen molar-refractivity contribution < 1.29 is 9.47 Å². The van der Waals surface area contributed by atoms with Crippen molar-refractivity contribution >= 4 is 15.9 Å². The Hall–Kier alpha value is -0.420. The number of halogens is 1. The summed E-state index contributed by atoms with van der Waals surface area (Å²) in [5.41, 5.74) is 2.46. The second-order valence-corrected chi connectivity index (χ2v) is 6.33. The molecule has 0 atom stereocenters. The monoisotopic (exact) mass is 357 g/mol. The molecule has 1 rings (SSSR count). The van der Waals surface area contributed by atoms with Crippen molar-refractivity contribution in [2.45, 2.75) is 52.8 Å². The van der Waals surface area contributed by atoms with Crippen molar-refractivity contribution in [3.8, 4) is 0 Å². The second kappa shape index (κ2) is 11.2. The van der Waals surface area contributed by atoms with Crippen LogP contribution < -0.4 is 5.32 Å². The summed E-state index contributed by atoms with van der Waals surface area (Å²) in [5, 5.41) is 3.42. The third kappa shape index (κ3) is 8.57. The van der Waals surface area contributed by atoms with E-state index >= 15 is 0 Å². The van der Waals surface area contributed by atoms with E-state index in [1.54, 1.807) is 0 Å². The van der Waals surface area contributed by atoms with Crippen molar-refractivity contribution in [1.29, 1.82) is 0 Å². The van der Waals surface area contributed by atoms with Crippen LogP contribution in [0.2, 0.25) is 0 Å². The lowest BCUT2D eigenvalue weighted by Gasteiger charge is -2.11. The number of hydrogen-bond acceptors (Lipinski definition) is 3. The molecule has 0 radical (unpaired) electrons. The van der Waals surface area contributed by atoms with Gasteiger partial charge >= 0.3 is 0 Å². The van der Waals surface area contributed by atoms with E-state index in [1.165, 1.54) is 17.5 Å². The van der Waals surface area contributed by atoms with Crippen molar-refractivity contribution in [2.24, 2.45) is 0 Å². The number of nitrogens with one attached hydrogen (secondary N) is 1. The smallest absolute Gasteiger partial charge is 0.0728 e. The zero-order valence-corrected chi connectivity index (χ0v) is 15.0. The molecule has 1 aromatic rings. The van der Waals surface area contributed by atoms with E-state index in [4.69, 9.17) is 9.47 Å².